The Hall–Kier alpha value is -10.4. The summed E-state index contributed by atoms with van der Waals surface area (Å²) < 4.78 is 4.71. The fraction of sp³-hybridized carbons (Fsp3) is 0. The maximum Gasteiger partial charge on any atom is 0.160 e. The molecule has 0 aliphatic carbocycles. The topological polar surface area (TPSA) is 59.4 Å². The summed E-state index contributed by atoms with van der Waals surface area (Å²) in [4.78, 5) is 10.9. The van der Waals surface area contributed by atoms with Crippen LogP contribution in [0.2, 0.25) is 0 Å². The lowest BCUT2D eigenvalue weighted by molar-refractivity contribution is 1.11. The van der Waals surface area contributed by atoms with Crippen LogP contribution in [0, 0.1) is 11.3 Å². The van der Waals surface area contributed by atoms with Crippen LogP contribution in [0.4, 0.5) is 0 Å². The van der Waals surface area contributed by atoms with Crippen molar-refractivity contribution in [1.29, 1.82) is 5.26 Å². The number of hydrogen-bond acceptors (Lipinski definition) is 3. The first kappa shape index (κ1) is 44.3. The summed E-state index contributed by atoms with van der Waals surface area (Å²) >= 11 is 0. The standard InChI is InChI=1S/C71H45N5/c72-46-47-39-68(75-64-35-31-54(48-19-7-1-8-20-48)41-58(64)59-42-55(32-36-65(59)75)49-21-9-2-10-22-49)70(63-45-62(52-27-15-5-16-28-52)73-71(74-63)53-29-17-6-18-30-53)69(40-47)76-66-37-33-56(50-23-11-3-12-24-50)43-60(66)61-44-57(34-38-67(61)76)51-25-13-4-14-26-51/h1-45H. The first-order valence-electron chi connectivity index (χ1n) is 25.6. The molecule has 0 fully saturated rings. The van der Waals surface area contributed by atoms with Crippen LogP contribution in [-0.2, 0) is 0 Å². The van der Waals surface area contributed by atoms with Crippen LogP contribution in [-0.4, -0.2) is 19.1 Å². The maximum absolute atomic E-state index is 11.3. The van der Waals surface area contributed by atoms with Gasteiger partial charge in [-0.1, -0.05) is 206 Å². The van der Waals surface area contributed by atoms with E-state index in [2.05, 4.69) is 264 Å². The molecule has 0 amide bonds. The molecule has 354 valence electrons. The summed E-state index contributed by atoms with van der Waals surface area (Å²) in [6.45, 7) is 0. The van der Waals surface area contributed by atoms with Gasteiger partial charge in [-0.05, 0) is 111 Å². The van der Waals surface area contributed by atoms with E-state index in [-0.39, 0.29) is 0 Å². The van der Waals surface area contributed by atoms with Crippen molar-refractivity contribution in [2.24, 2.45) is 0 Å². The van der Waals surface area contributed by atoms with Crippen LogP contribution in [0.5, 0.6) is 0 Å². The Balaban J connectivity index is 1.14. The van der Waals surface area contributed by atoms with E-state index in [4.69, 9.17) is 9.97 Å². The Kier molecular flexibility index (Phi) is 10.8. The molecule has 14 aromatic rings. The van der Waals surface area contributed by atoms with Gasteiger partial charge in [0, 0.05) is 38.2 Å². The smallest absolute Gasteiger partial charge is 0.160 e. The number of hydrogen-bond donors (Lipinski definition) is 0. The first-order valence-corrected chi connectivity index (χ1v) is 25.6. The fourth-order valence-electron chi connectivity index (χ4n) is 11.1. The van der Waals surface area contributed by atoms with Gasteiger partial charge in [0.2, 0.25) is 0 Å². The zero-order valence-electron chi connectivity index (χ0n) is 41.2. The molecule has 0 N–H and O–H groups in total. The molecule has 0 aliphatic heterocycles. The van der Waals surface area contributed by atoms with E-state index < -0.39 is 0 Å². The fourth-order valence-corrected chi connectivity index (χ4v) is 11.1. The monoisotopic (exact) mass is 967 g/mol. The lowest BCUT2D eigenvalue weighted by atomic mass is 9.99. The summed E-state index contributed by atoms with van der Waals surface area (Å²) in [5.41, 5.74) is 19.4. The van der Waals surface area contributed by atoms with Gasteiger partial charge < -0.3 is 9.13 Å². The highest BCUT2D eigenvalue weighted by atomic mass is 15.0. The van der Waals surface area contributed by atoms with E-state index in [1.807, 2.05) is 24.3 Å². The van der Waals surface area contributed by atoms with Gasteiger partial charge in [-0.3, -0.25) is 0 Å². The van der Waals surface area contributed by atoms with Crippen molar-refractivity contribution in [3.63, 3.8) is 0 Å². The number of aromatic nitrogens is 4. The molecule has 0 radical (unpaired) electrons. The second-order valence-electron chi connectivity index (χ2n) is 19.3. The molecule has 0 unspecified atom stereocenters. The summed E-state index contributed by atoms with van der Waals surface area (Å²) in [5.74, 6) is 0.600. The van der Waals surface area contributed by atoms with Gasteiger partial charge in [0.1, 0.15) is 0 Å². The average molecular weight is 968 g/mol. The Morgan fingerprint density at radius 3 is 0.908 bits per heavy atom. The normalized spacial score (nSPS) is 11.4. The quantitative estimate of drug-likeness (QED) is 0.145. The molecule has 14 rings (SSSR count). The van der Waals surface area contributed by atoms with Gasteiger partial charge >= 0.3 is 0 Å². The van der Waals surface area contributed by atoms with E-state index >= 15 is 0 Å². The zero-order chi connectivity index (χ0) is 50.5. The van der Waals surface area contributed by atoms with Crippen LogP contribution in [0.1, 0.15) is 5.56 Å². The van der Waals surface area contributed by atoms with Crippen LogP contribution >= 0.6 is 0 Å². The van der Waals surface area contributed by atoms with E-state index in [1.165, 1.54) is 0 Å². The number of fused-ring (bicyclic) bond motifs is 6. The van der Waals surface area contributed by atoms with Gasteiger partial charge in [0.25, 0.3) is 0 Å². The molecule has 11 aromatic carbocycles. The second kappa shape index (κ2) is 18.6. The van der Waals surface area contributed by atoms with Gasteiger partial charge in [0.05, 0.1) is 56.5 Å². The molecule has 3 heterocycles. The first-order chi connectivity index (χ1) is 37.6. The van der Waals surface area contributed by atoms with E-state index in [9.17, 15) is 5.26 Å². The molecule has 0 saturated heterocycles. The molecule has 0 aliphatic rings. The molecule has 0 saturated carbocycles. The Bertz CT molecular complexity index is 4070. The van der Waals surface area contributed by atoms with Crippen LogP contribution in [0.25, 0.3) is 133 Å². The molecule has 0 atom stereocenters. The number of benzene rings is 11. The summed E-state index contributed by atoms with van der Waals surface area (Å²) in [7, 11) is 0. The molecule has 3 aromatic heterocycles. The van der Waals surface area contributed by atoms with Crippen molar-refractivity contribution < 1.29 is 0 Å². The van der Waals surface area contributed by atoms with Crippen molar-refractivity contribution in [2.45, 2.75) is 0 Å². The highest BCUT2D eigenvalue weighted by Gasteiger charge is 2.26. The third-order valence-corrected chi connectivity index (χ3v) is 14.8. The summed E-state index contributed by atoms with van der Waals surface area (Å²) in [6, 6.07) is 98.8. The van der Waals surface area contributed by atoms with Crippen molar-refractivity contribution >= 4 is 43.6 Å². The van der Waals surface area contributed by atoms with Crippen LogP contribution < -0.4 is 0 Å². The molecule has 0 bridgehead atoms. The van der Waals surface area contributed by atoms with Crippen molar-refractivity contribution in [3.8, 4) is 95.9 Å². The van der Waals surface area contributed by atoms with Gasteiger partial charge in [-0.25, -0.2) is 9.97 Å². The predicted octanol–water partition coefficient (Wildman–Crippen LogP) is 18.2. The van der Waals surface area contributed by atoms with Crippen molar-refractivity contribution in [2.75, 3.05) is 0 Å². The minimum atomic E-state index is 0.517. The minimum Gasteiger partial charge on any atom is -0.308 e. The van der Waals surface area contributed by atoms with Gasteiger partial charge in [-0.2, -0.15) is 5.26 Å². The van der Waals surface area contributed by atoms with Gasteiger partial charge in [0.15, 0.2) is 5.82 Å². The molecule has 76 heavy (non-hydrogen) atoms. The predicted molar refractivity (Wildman–Crippen MR) is 313 cm³/mol. The summed E-state index contributed by atoms with van der Waals surface area (Å²) in [6.07, 6.45) is 0. The number of nitrogens with zero attached hydrogens (tertiary/aromatic N) is 5. The third kappa shape index (κ3) is 7.72. The van der Waals surface area contributed by atoms with Crippen molar-refractivity contribution in [3.05, 3.63) is 279 Å². The van der Waals surface area contributed by atoms with E-state index in [1.54, 1.807) is 0 Å². The number of rotatable bonds is 9. The largest absolute Gasteiger partial charge is 0.308 e. The summed E-state index contributed by atoms with van der Waals surface area (Å²) in [5, 5.41) is 15.7. The van der Waals surface area contributed by atoms with Crippen LogP contribution in [0.3, 0.4) is 0 Å². The Labute approximate surface area is 440 Å². The molecule has 5 heteroatoms. The zero-order valence-corrected chi connectivity index (χ0v) is 41.2. The van der Waals surface area contributed by atoms with Gasteiger partial charge in [-0.15, -0.1) is 0 Å². The highest BCUT2D eigenvalue weighted by molar-refractivity contribution is 6.14. The third-order valence-electron chi connectivity index (χ3n) is 14.8. The number of nitriles is 1. The lowest BCUT2D eigenvalue weighted by Crippen LogP contribution is -2.07. The SMILES string of the molecule is N#Cc1cc(-n2c3ccc(-c4ccccc4)cc3c3cc(-c4ccccc4)ccc32)c(-c2cc(-c3ccccc3)nc(-c3ccccc3)n2)c(-n2c3ccc(-c4ccccc4)cc3c3cc(-c4ccccc4)ccc32)c1. The minimum absolute atomic E-state index is 0.517. The molecule has 5 nitrogen and oxygen atoms in total. The molecular formula is C71H45N5. The Morgan fingerprint density at radius 1 is 0.276 bits per heavy atom. The van der Waals surface area contributed by atoms with E-state index in [0.717, 1.165) is 128 Å². The maximum atomic E-state index is 11.3. The van der Waals surface area contributed by atoms with Crippen molar-refractivity contribution in [1.82, 2.24) is 19.1 Å². The van der Waals surface area contributed by atoms with Crippen LogP contribution in [0.15, 0.2) is 273 Å². The highest BCUT2D eigenvalue weighted by Crippen LogP contribution is 2.46. The molecular weight excluding hydrogens is 923 g/mol. The molecule has 0 spiro atoms. The lowest BCUT2D eigenvalue weighted by Gasteiger charge is -2.21. The Morgan fingerprint density at radius 2 is 0.579 bits per heavy atom. The second-order valence-corrected chi connectivity index (χ2v) is 19.3. The average Bonchev–Trinajstić information content (AvgIpc) is 4.17. The van der Waals surface area contributed by atoms with E-state index in [0.29, 0.717) is 11.4 Å².